The average Bonchev–Trinajstić information content (AvgIpc) is 2.43. The van der Waals surface area contributed by atoms with Gasteiger partial charge in [0.25, 0.3) is 0 Å². The number of hydrogen-bond acceptors (Lipinski definition) is 2. The quantitative estimate of drug-likeness (QED) is 0.823. The van der Waals surface area contributed by atoms with Gasteiger partial charge >= 0.3 is 0 Å². The van der Waals surface area contributed by atoms with E-state index in [1.807, 2.05) is 0 Å². The lowest BCUT2D eigenvalue weighted by atomic mass is 9.79. The van der Waals surface area contributed by atoms with Gasteiger partial charge in [-0.15, -0.1) is 0 Å². The zero-order chi connectivity index (χ0) is 14.3. The summed E-state index contributed by atoms with van der Waals surface area (Å²) in [5.41, 5.74) is 2.85. The van der Waals surface area contributed by atoms with Crippen LogP contribution in [0.4, 0.5) is 0 Å². The number of hydrogen-bond donors (Lipinski definition) is 0. The molecule has 1 aromatic carbocycles. The van der Waals surface area contributed by atoms with E-state index in [2.05, 4.69) is 49.9 Å². The minimum absolute atomic E-state index is 0.142. The molecule has 1 aromatic rings. The third kappa shape index (κ3) is 2.54. The summed E-state index contributed by atoms with van der Waals surface area (Å²) in [5.74, 6) is 0.834. The Bertz CT molecular complexity index is 489. The van der Waals surface area contributed by atoms with Gasteiger partial charge in [-0.05, 0) is 48.9 Å². The van der Waals surface area contributed by atoms with Crippen molar-refractivity contribution in [3.05, 3.63) is 35.4 Å². The first-order valence-corrected chi connectivity index (χ1v) is 7.82. The van der Waals surface area contributed by atoms with E-state index in [1.54, 1.807) is 0 Å². The number of rotatable bonds is 2. The topological polar surface area (TPSA) is 20.3 Å². The molecule has 3 aliphatic rings. The number of Topliss-reactive ketones (excluding diaryl/α,β-unsaturated/α-hetero) is 1. The largest absolute Gasteiger partial charge is 0.298 e. The van der Waals surface area contributed by atoms with Crippen LogP contribution in [0.2, 0.25) is 0 Å². The van der Waals surface area contributed by atoms with Crippen molar-refractivity contribution in [3.8, 4) is 0 Å². The van der Waals surface area contributed by atoms with Gasteiger partial charge in [0.15, 0.2) is 5.78 Å². The van der Waals surface area contributed by atoms with Gasteiger partial charge in [-0.2, -0.15) is 0 Å². The molecule has 3 saturated heterocycles. The molecule has 0 aromatic heterocycles. The Labute approximate surface area is 122 Å². The zero-order valence-corrected chi connectivity index (χ0v) is 12.9. The highest BCUT2D eigenvalue weighted by Crippen LogP contribution is 2.31. The van der Waals surface area contributed by atoms with Crippen LogP contribution in [0.15, 0.2) is 24.3 Å². The zero-order valence-electron chi connectivity index (χ0n) is 12.9. The van der Waals surface area contributed by atoms with Crippen LogP contribution in [-0.4, -0.2) is 29.8 Å². The molecule has 3 aliphatic heterocycles. The van der Waals surface area contributed by atoms with Crippen LogP contribution in [0.5, 0.6) is 0 Å². The molecule has 0 amide bonds. The van der Waals surface area contributed by atoms with Gasteiger partial charge < -0.3 is 0 Å². The van der Waals surface area contributed by atoms with Crippen molar-refractivity contribution in [1.29, 1.82) is 0 Å². The van der Waals surface area contributed by atoms with E-state index in [1.165, 1.54) is 11.1 Å². The fourth-order valence-corrected chi connectivity index (χ4v) is 3.54. The summed E-state index contributed by atoms with van der Waals surface area (Å²) in [6.07, 6.45) is 3.05. The van der Waals surface area contributed by atoms with Gasteiger partial charge in [0.2, 0.25) is 0 Å². The molecule has 2 bridgehead atoms. The molecule has 0 aliphatic carbocycles. The molecule has 0 N–H and O–H groups in total. The predicted molar refractivity (Wildman–Crippen MR) is 81.9 cm³/mol. The molecule has 2 heteroatoms. The number of carbonyl (C=O) groups is 1. The second-order valence-electron chi connectivity index (χ2n) is 7.38. The first-order valence-electron chi connectivity index (χ1n) is 7.82. The number of ketones is 1. The minimum Gasteiger partial charge on any atom is -0.298 e. The molecule has 4 rings (SSSR count). The first kappa shape index (κ1) is 13.8. The van der Waals surface area contributed by atoms with Crippen molar-refractivity contribution >= 4 is 5.78 Å². The Morgan fingerprint density at radius 2 is 1.70 bits per heavy atom. The van der Waals surface area contributed by atoms with E-state index >= 15 is 0 Å². The highest BCUT2D eigenvalue weighted by molar-refractivity contribution is 5.88. The van der Waals surface area contributed by atoms with E-state index in [-0.39, 0.29) is 11.5 Å². The van der Waals surface area contributed by atoms with Crippen molar-refractivity contribution in [3.63, 3.8) is 0 Å². The minimum atomic E-state index is 0.142. The number of nitrogens with zero attached hydrogens (tertiary/aromatic N) is 1. The number of fused-ring (bicyclic) bond motifs is 3. The van der Waals surface area contributed by atoms with Crippen LogP contribution in [0.25, 0.3) is 0 Å². The Balaban J connectivity index is 1.73. The van der Waals surface area contributed by atoms with Gasteiger partial charge in [0.1, 0.15) is 0 Å². The summed E-state index contributed by atoms with van der Waals surface area (Å²) < 4.78 is 0. The van der Waals surface area contributed by atoms with E-state index in [0.717, 1.165) is 32.4 Å². The summed E-state index contributed by atoms with van der Waals surface area (Å²) in [5, 5.41) is 0. The average molecular weight is 271 g/mol. The maximum atomic E-state index is 12.4. The first-order chi connectivity index (χ1) is 9.45. The van der Waals surface area contributed by atoms with Gasteiger partial charge in [0, 0.05) is 5.92 Å². The van der Waals surface area contributed by atoms with E-state index in [9.17, 15) is 4.79 Å². The molecule has 1 atom stereocenters. The molecule has 3 heterocycles. The fraction of sp³-hybridized carbons (Fsp3) is 0.611. The maximum absolute atomic E-state index is 12.4. The maximum Gasteiger partial charge on any atom is 0.153 e. The molecule has 3 fully saturated rings. The van der Waals surface area contributed by atoms with Crippen molar-refractivity contribution in [2.45, 2.75) is 51.5 Å². The van der Waals surface area contributed by atoms with Crippen molar-refractivity contribution < 1.29 is 4.79 Å². The van der Waals surface area contributed by atoms with Crippen LogP contribution < -0.4 is 0 Å². The second kappa shape index (κ2) is 5.00. The monoisotopic (exact) mass is 271 g/mol. The van der Waals surface area contributed by atoms with E-state index < -0.39 is 0 Å². The molecule has 20 heavy (non-hydrogen) atoms. The molecule has 0 spiro atoms. The normalized spacial score (nSPS) is 29.8. The Morgan fingerprint density at radius 3 is 2.20 bits per heavy atom. The summed E-state index contributed by atoms with van der Waals surface area (Å²) in [7, 11) is 0. The standard InChI is InChI=1S/C18H25NO/c1-18(2,3)15-6-4-13(5-7-15)12-16-17(20)14-8-10-19(16)11-9-14/h4-7,14,16H,8-12H2,1-3H3. The molecular weight excluding hydrogens is 246 g/mol. The number of benzene rings is 1. The van der Waals surface area contributed by atoms with Crippen LogP contribution in [-0.2, 0) is 16.6 Å². The summed E-state index contributed by atoms with van der Waals surface area (Å²) in [6, 6.07) is 8.99. The Kier molecular flexibility index (Phi) is 3.45. The summed E-state index contributed by atoms with van der Waals surface area (Å²) in [6.45, 7) is 8.92. The van der Waals surface area contributed by atoms with Crippen LogP contribution in [0, 0.1) is 5.92 Å². The Morgan fingerprint density at radius 1 is 1.10 bits per heavy atom. The number of piperidine rings is 3. The van der Waals surface area contributed by atoms with E-state index in [0.29, 0.717) is 11.7 Å². The smallest absolute Gasteiger partial charge is 0.153 e. The van der Waals surface area contributed by atoms with Crippen LogP contribution in [0.1, 0.15) is 44.7 Å². The highest BCUT2D eigenvalue weighted by atomic mass is 16.1. The van der Waals surface area contributed by atoms with Crippen LogP contribution in [0.3, 0.4) is 0 Å². The molecule has 0 saturated carbocycles. The number of carbonyl (C=O) groups excluding carboxylic acids is 1. The summed E-state index contributed by atoms with van der Waals surface area (Å²) in [4.78, 5) is 14.8. The molecule has 1 unspecified atom stereocenters. The lowest BCUT2D eigenvalue weighted by molar-refractivity contribution is -0.136. The molecule has 2 nitrogen and oxygen atoms in total. The Hall–Kier alpha value is -1.15. The third-order valence-corrected chi connectivity index (χ3v) is 4.95. The van der Waals surface area contributed by atoms with Gasteiger partial charge in [-0.1, -0.05) is 45.0 Å². The van der Waals surface area contributed by atoms with E-state index in [4.69, 9.17) is 0 Å². The van der Waals surface area contributed by atoms with Gasteiger partial charge in [-0.25, -0.2) is 0 Å². The van der Waals surface area contributed by atoms with Crippen molar-refractivity contribution in [2.24, 2.45) is 5.92 Å². The molecule has 0 radical (unpaired) electrons. The lowest BCUT2D eigenvalue weighted by Crippen LogP contribution is -2.56. The molecular formula is C18H25NO. The van der Waals surface area contributed by atoms with Gasteiger partial charge in [-0.3, -0.25) is 9.69 Å². The summed E-state index contributed by atoms with van der Waals surface area (Å²) >= 11 is 0. The van der Waals surface area contributed by atoms with Crippen LogP contribution >= 0.6 is 0 Å². The highest BCUT2D eigenvalue weighted by Gasteiger charge is 2.40. The lowest BCUT2D eigenvalue weighted by Gasteiger charge is -2.44. The van der Waals surface area contributed by atoms with Gasteiger partial charge in [0.05, 0.1) is 6.04 Å². The fourth-order valence-electron chi connectivity index (χ4n) is 3.54. The van der Waals surface area contributed by atoms with Crippen molar-refractivity contribution in [1.82, 2.24) is 4.90 Å². The van der Waals surface area contributed by atoms with Crippen molar-refractivity contribution in [2.75, 3.05) is 13.1 Å². The molecule has 108 valence electrons. The third-order valence-electron chi connectivity index (χ3n) is 4.95. The SMILES string of the molecule is CC(C)(C)c1ccc(CC2C(=O)C3CCN2CC3)cc1. The predicted octanol–water partition coefficient (Wildman–Crippen LogP) is 3.19. The second-order valence-corrected chi connectivity index (χ2v) is 7.38.